The maximum absolute atomic E-state index is 5.96. The number of benzene rings is 1. The van der Waals surface area contributed by atoms with Crippen molar-refractivity contribution in [3.63, 3.8) is 0 Å². The van der Waals surface area contributed by atoms with Gasteiger partial charge in [0.15, 0.2) is 5.82 Å². The van der Waals surface area contributed by atoms with Gasteiger partial charge in [0.25, 0.3) is 0 Å². The number of H-pyrrole nitrogens is 1. The van der Waals surface area contributed by atoms with Crippen LogP contribution in [0.4, 0.5) is 5.82 Å². The summed E-state index contributed by atoms with van der Waals surface area (Å²) < 4.78 is 0.939. The quantitative estimate of drug-likeness (QED) is 0.787. The molecule has 2 rings (SSSR count). The van der Waals surface area contributed by atoms with Gasteiger partial charge in [-0.15, -0.1) is 0 Å². The predicted molar refractivity (Wildman–Crippen MR) is 70.9 cm³/mol. The molecule has 0 aliphatic rings. The van der Waals surface area contributed by atoms with Gasteiger partial charge in [-0.05, 0) is 47.2 Å². The lowest BCUT2D eigenvalue weighted by atomic mass is 10.1. The summed E-state index contributed by atoms with van der Waals surface area (Å²) in [4.78, 5) is 0. The first kappa shape index (κ1) is 10.8. The smallest absolute Gasteiger partial charge is 0.159 e. The summed E-state index contributed by atoms with van der Waals surface area (Å²) >= 11 is 8.13. The molecule has 0 aliphatic carbocycles. The van der Waals surface area contributed by atoms with Crippen LogP contribution in [0.15, 0.2) is 18.2 Å². The van der Waals surface area contributed by atoms with E-state index in [1.165, 1.54) is 0 Å². The van der Waals surface area contributed by atoms with E-state index in [9.17, 15) is 0 Å². The van der Waals surface area contributed by atoms with Crippen LogP contribution in [-0.2, 0) is 0 Å². The van der Waals surface area contributed by atoms with E-state index in [0.29, 0.717) is 5.82 Å². The number of aromatic nitrogens is 2. The summed E-state index contributed by atoms with van der Waals surface area (Å²) in [6, 6.07) is 5.83. The molecule has 5 heteroatoms. The SMILES string of the molecule is Cc1cc(-c2[nH]nc(N)c2I)ccc1Cl. The fraction of sp³-hybridized carbons (Fsp3) is 0.100. The molecular weight excluding hydrogens is 324 g/mol. The van der Waals surface area contributed by atoms with Crippen molar-refractivity contribution >= 4 is 40.0 Å². The van der Waals surface area contributed by atoms with E-state index in [1.807, 2.05) is 25.1 Å². The average molecular weight is 334 g/mol. The topological polar surface area (TPSA) is 54.7 Å². The highest BCUT2D eigenvalue weighted by Crippen LogP contribution is 2.29. The molecule has 0 spiro atoms. The third-order valence-corrected chi connectivity index (χ3v) is 3.70. The first-order valence-corrected chi connectivity index (χ1v) is 5.81. The van der Waals surface area contributed by atoms with Crippen LogP contribution in [0.5, 0.6) is 0 Å². The number of aromatic amines is 1. The Labute approximate surface area is 106 Å². The maximum atomic E-state index is 5.96. The van der Waals surface area contributed by atoms with Crippen LogP contribution in [0.25, 0.3) is 11.3 Å². The van der Waals surface area contributed by atoms with Gasteiger partial charge in [-0.2, -0.15) is 5.10 Å². The molecule has 0 bridgehead atoms. The van der Waals surface area contributed by atoms with Gasteiger partial charge in [-0.3, -0.25) is 5.10 Å². The molecule has 0 amide bonds. The molecule has 0 atom stereocenters. The second-order valence-corrected chi connectivity index (χ2v) is 4.75. The number of rotatable bonds is 1. The molecule has 0 aliphatic heterocycles. The Balaban J connectivity index is 2.55. The Kier molecular flexibility index (Phi) is 2.88. The number of nitrogen functional groups attached to an aromatic ring is 1. The van der Waals surface area contributed by atoms with Crippen molar-refractivity contribution < 1.29 is 0 Å². The molecule has 0 saturated heterocycles. The van der Waals surface area contributed by atoms with E-state index >= 15 is 0 Å². The molecular formula is C10H9ClIN3. The number of aryl methyl sites for hydroxylation is 1. The van der Waals surface area contributed by atoms with Crippen LogP contribution in [-0.4, -0.2) is 10.2 Å². The van der Waals surface area contributed by atoms with Crippen LogP contribution >= 0.6 is 34.2 Å². The number of halogens is 2. The zero-order valence-corrected chi connectivity index (χ0v) is 10.9. The summed E-state index contributed by atoms with van der Waals surface area (Å²) in [5.74, 6) is 0.526. The third-order valence-electron chi connectivity index (χ3n) is 2.18. The van der Waals surface area contributed by atoms with Crippen molar-refractivity contribution in [3.05, 3.63) is 32.4 Å². The highest BCUT2D eigenvalue weighted by Gasteiger charge is 2.10. The monoisotopic (exact) mass is 333 g/mol. The van der Waals surface area contributed by atoms with Gasteiger partial charge in [0, 0.05) is 10.6 Å². The fourth-order valence-corrected chi connectivity index (χ4v) is 2.00. The summed E-state index contributed by atoms with van der Waals surface area (Å²) in [5, 5.41) is 7.63. The van der Waals surface area contributed by atoms with Crippen molar-refractivity contribution in [2.45, 2.75) is 6.92 Å². The lowest BCUT2D eigenvalue weighted by Crippen LogP contribution is -1.86. The minimum atomic E-state index is 0.526. The molecule has 1 aromatic carbocycles. The van der Waals surface area contributed by atoms with Gasteiger partial charge in [-0.1, -0.05) is 17.7 Å². The number of hydrogen-bond donors (Lipinski definition) is 2. The Morgan fingerprint density at radius 1 is 1.47 bits per heavy atom. The van der Waals surface area contributed by atoms with Crippen molar-refractivity contribution in [2.75, 3.05) is 5.73 Å². The highest BCUT2D eigenvalue weighted by atomic mass is 127. The largest absolute Gasteiger partial charge is 0.381 e. The first-order valence-electron chi connectivity index (χ1n) is 4.35. The number of hydrogen-bond acceptors (Lipinski definition) is 2. The van der Waals surface area contributed by atoms with Crippen LogP contribution in [0.3, 0.4) is 0 Å². The van der Waals surface area contributed by atoms with Crippen LogP contribution in [0.1, 0.15) is 5.56 Å². The Morgan fingerprint density at radius 3 is 2.73 bits per heavy atom. The number of nitrogens with two attached hydrogens (primary N) is 1. The van der Waals surface area contributed by atoms with Gasteiger partial charge in [0.2, 0.25) is 0 Å². The molecule has 0 unspecified atom stereocenters. The molecule has 2 aromatic rings. The van der Waals surface area contributed by atoms with E-state index in [1.54, 1.807) is 0 Å². The van der Waals surface area contributed by atoms with Crippen molar-refractivity contribution in [2.24, 2.45) is 0 Å². The molecule has 3 nitrogen and oxygen atoms in total. The summed E-state index contributed by atoms with van der Waals surface area (Å²) in [5.41, 5.74) is 8.69. The van der Waals surface area contributed by atoms with Gasteiger partial charge in [0.1, 0.15) is 0 Å². The zero-order valence-electron chi connectivity index (χ0n) is 8.01. The first-order chi connectivity index (χ1) is 7.09. The van der Waals surface area contributed by atoms with E-state index < -0.39 is 0 Å². The fourth-order valence-electron chi connectivity index (χ4n) is 1.33. The molecule has 78 valence electrons. The summed E-state index contributed by atoms with van der Waals surface area (Å²) in [6.45, 7) is 1.97. The normalized spacial score (nSPS) is 10.6. The van der Waals surface area contributed by atoms with E-state index in [2.05, 4.69) is 32.8 Å². The van der Waals surface area contributed by atoms with E-state index in [-0.39, 0.29) is 0 Å². The van der Waals surface area contributed by atoms with Gasteiger partial charge in [0.05, 0.1) is 9.26 Å². The minimum absolute atomic E-state index is 0.526. The van der Waals surface area contributed by atoms with E-state index in [0.717, 1.165) is 25.4 Å². The third kappa shape index (κ3) is 1.96. The average Bonchev–Trinajstić information content (AvgIpc) is 2.53. The standard InChI is InChI=1S/C10H9ClIN3/c1-5-4-6(2-3-7(5)11)9-8(12)10(13)15-14-9/h2-4H,1H3,(H3,13,14,15). The van der Waals surface area contributed by atoms with Crippen molar-refractivity contribution in [1.82, 2.24) is 10.2 Å². The Morgan fingerprint density at radius 2 is 2.20 bits per heavy atom. The second kappa shape index (κ2) is 4.02. The highest BCUT2D eigenvalue weighted by molar-refractivity contribution is 14.1. The lowest BCUT2D eigenvalue weighted by Gasteiger charge is -2.02. The number of nitrogens with zero attached hydrogens (tertiary/aromatic N) is 1. The van der Waals surface area contributed by atoms with Gasteiger partial charge >= 0.3 is 0 Å². The van der Waals surface area contributed by atoms with E-state index in [4.69, 9.17) is 17.3 Å². The number of nitrogens with one attached hydrogen (secondary N) is 1. The molecule has 0 saturated carbocycles. The number of anilines is 1. The van der Waals surface area contributed by atoms with Crippen LogP contribution in [0.2, 0.25) is 5.02 Å². The molecule has 3 N–H and O–H groups in total. The molecule has 0 radical (unpaired) electrons. The molecule has 1 aromatic heterocycles. The molecule has 0 fully saturated rings. The molecule has 1 heterocycles. The summed E-state index contributed by atoms with van der Waals surface area (Å²) in [6.07, 6.45) is 0. The minimum Gasteiger partial charge on any atom is -0.381 e. The Hall–Kier alpha value is -0.750. The second-order valence-electron chi connectivity index (χ2n) is 3.26. The molecule has 15 heavy (non-hydrogen) atoms. The summed E-state index contributed by atoms with van der Waals surface area (Å²) in [7, 11) is 0. The van der Waals surface area contributed by atoms with Crippen LogP contribution in [0, 0.1) is 10.5 Å². The predicted octanol–water partition coefficient (Wildman–Crippen LogP) is 3.23. The van der Waals surface area contributed by atoms with Crippen molar-refractivity contribution in [3.8, 4) is 11.3 Å². The van der Waals surface area contributed by atoms with Crippen LogP contribution < -0.4 is 5.73 Å². The maximum Gasteiger partial charge on any atom is 0.159 e. The van der Waals surface area contributed by atoms with Crippen molar-refractivity contribution in [1.29, 1.82) is 0 Å². The van der Waals surface area contributed by atoms with Gasteiger partial charge < -0.3 is 5.73 Å². The lowest BCUT2D eigenvalue weighted by molar-refractivity contribution is 1.10. The Bertz CT molecular complexity index is 507. The zero-order chi connectivity index (χ0) is 11.0. The van der Waals surface area contributed by atoms with Gasteiger partial charge in [-0.25, -0.2) is 0 Å².